The first kappa shape index (κ1) is 20.1. The standard InChI is InChI=1S/C17H26F3N3O/c1-5-21-16(22-9-8-17(18,19)20)23-11-14-7-6-13(4)10-15(14)24-12(2)3/h6-7,10,12H,5,8-9,11H2,1-4H3,(H2,21,22,23). The summed E-state index contributed by atoms with van der Waals surface area (Å²) in [7, 11) is 0. The van der Waals surface area contributed by atoms with Crippen molar-refractivity contribution in [1.82, 2.24) is 10.6 Å². The molecule has 1 aromatic rings. The Balaban J connectivity index is 2.78. The molecule has 0 spiro atoms. The molecule has 0 aromatic heterocycles. The number of hydrogen-bond acceptors (Lipinski definition) is 2. The van der Waals surface area contributed by atoms with E-state index in [0.717, 1.165) is 16.9 Å². The van der Waals surface area contributed by atoms with E-state index in [-0.39, 0.29) is 12.6 Å². The Kier molecular flexibility index (Phi) is 7.88. The quantitative estimate of drug-likeness (QED) is 0.584. The molecule has 0 amide bonds. The number of aryl methyl sites for hydroxylation is 1. The van der Waals surface area contributed by atoms with Crippen LogP contribution in [0.25, 0.3) is 0 Å². The Morgan fingerprint density at radius 2 is 1.96 bits per heavy atom. The second-order valence-electron chi connectivity index (χ2n) is 5.76. The molecule has 136 valence electrons. The third-order valence-electron chi connectivity index (χ3n) is 3.04. The number of hydrogen-bond donors (Lipinski definition) is 2. The van der Waals surface area contributed by atoms with Crippen molar-refractivity contribution in [1.29, 1.82) is 0 Å². The van der Waals surface area contributed by atoms with Gasteiger partial charge < -0.3 is 15.4 Å². The number of nitrogens with one attached hydrogen (secondary N) is 2. The van der Waals surface area contributed by atoms with Gasteiger partial charge in [-0.15, -0.1) is 0 Å². The number of benzene rings is 1. The van der Waals surface area contributed by atoms with Gasteiger partial charge >= 0.3 is 6.18 Å². The first-order chi connectivity index (χ1) is 11.2. The highest BCUT2D eigenvalue weighted by Crippen LogP contribution is 2.22. The monoisotopic (exact) mass is 345 g/mol. The average Bonchev–Trinajstić information content (AvgIpc) is 2.44. The fourth-order valence-corrected chi connectivity index (χ4v) is 1.98. The van der Waals surface area contributed by atoms with Gasteiger partial charge in [0.15, 0.2) is 5.96 Å². The van der Waals surface area contributed by atoms with E-state index in [9.17, 15) is 13.2 Å². The third kappa shape index (κ3) is 8.08. The fraction of sp³-hybridized carbons (Fsp3) is 0.588. The summed E-state index contributed by atoms with van der Waals surface area (Å²) in [6.07, 6.45) is -5.05. The van der Waals surface area contributed by atoms with Crippen LogP contribution < -0.4 is 15.4 Å². The number of aliphatic imine (C=N–C) groups is 1. The van der Waals surface area contributed by atoms with Crippen molar-refractivity contribution in [3.8, 4) is 5.75 Å². The Morgan fingerprint density at radius 3 is 2.54 bits per heavy atom. The van der Waals surface area contributed by atoms with Crippen LogP contribution in [0.3, 0.4) is 0 Å². The van der Waals surface area contributed by atoms with E-state index in [1.807, 2.05) is 45.9 Å². The summed E-state index contributed by atoms with van der Waals surface area (Å²) < 4.78 is 42.5. The second kappa shape index (κ2) is 9.39. The Labute approximate surface area is 141 Å². The number of guanidine groups is 1. The zero-order valence-electron chi connectivity index (χ0n) is 14.6. The molecule has 0 saturated heterocycles. The van der Waals surface area contributed by atoms with Gasteiger partial charge in [0.1, 0.15) is 5.75 Å². The van der Waals surface area contributed by atoms with E-state index in [1.165, 1.54) is 0 Å². The summed E-state index contributed by atoms with van der Waals surface area (Å²) in [5, 5.41) is 5.64. The topological polar surface area (TPSA) is 45.7 Å². The van der Waals surface area contributed by atoms with E-state index >= 15 is 0 Å². The van der Waals surface area contributed by atoms with Gasteiger partial charge in [-0.1, -0.05) is 12.1 Å². The summed E-state index contributed by atoms with van der Waals surface area (Å²) >= 11 is 0. The average molecular weight is 345 g/mol. The summed E-state index contributed by atoms with van der Waals surface area (Å²) in [4.78, 5) is 4.35. The highest BCUT2D eigenvalue weighted by molar-refractivity contribution is 5.79. The molecule has 0 radical (unpaired) electrons. The van der Waals surface area contributed by atoms with E-state index in [1.54, 1.807) is 0 Å². The lowest BCUT2D eigenvalue weighted by atomic mass is 10.1. The lowest BCUT2D eigenvalue weighted by Gasteiger charge is -2.15. The summed E-state index contributed by atoms with van der Waals surface area (Å²) in [6, 6.07) is 5.83. The molecule has 7 heteroatoms. The summed E-state index contributed by atoms with van der Waals surface area (Å²) in [5.41, 5.74) is 1.97. The van der Waals surface area contributed by atoms with Crippen LogP contribution in [-0.4, -0.2) is 31.3 Å². The van der Waals surface area contributed by atoms with E-state index in [0.29, 0.717) is 19.0 Å². The van der Waals surface area contributed by atoms with Gasteiger partial charge in [0, 0.05) is 18.7 Å². The second-order valence-corrected chi connectivity index (χ2v) is 5.76. The highest BCUT2D eigenvalue weighted by Gasteiger charge is 2.26. The first-order valence-corrected chi connectivity index (χ1v) is 8.06. The van der Waals surface area contributed by atoms with E-state index < -0.39 is 12.6 Å². The molecule has 0 heterocycles. The van der Waals surface area contributed by atoms with Gasteiger partial charge in [-0.3, -0.25) is 0 Å². The molecule has 1 rings (SSSR count). The largest absolute Gasteiger partial charge is 0.491 e. The first-order valence-electron chi connectivity index (χ1n) is 8.06. The SMILES string of the molecule is CCNC(=NCc1ccc(C)cc1OC(C)C)NCCC(F)(F)F. The molecular formula is C17H26F3N3O. The van der Waals surface area contributed by atoms with Gasteiger partial charge in [0.05, 0.1) is 19.1 Å². The molecule has 2 N–H and O–H groups in total. The maximum absolute atomic E-state index is 12.2. The van der Waals surface area contributed by atoms with Crippen LogP contribution >= 0.6 is 0 Å². The van der Waals surface area contributed by atoms with Gasteiger partial charge in [-0.05, 0) is 39.3 Å². The predicted molar refractivity (Wildman–Crippen MR) is 90.4 cm³/mol. The van der Waals surface area contributed by atoms with Crippen molar-refractivity contribution in [2.75, 3.05) is 13.1 Å². The molecule has 4 nitrogen and oxygen atoms in total. The van der Waals surface area contributed by atoms with E-state index in [2.05, 4.69) is 15.6 Å². The Bertz CT molecular complexity index is 542. The van der Waals surface area contributed by atoms with Crippen LogP contribution in [-0.2, 0) is 6.54 Å². The molecule has 0 aliphatic carbocycles. The summed E-state index contributed by atoms with van der Waals surface area (Å²) in [6.45, 7) is 8.41. The third-order valence-corrected chi connectivity index (χ3v) is 3.04. The van der Waals surface area contributed by atoms with Crippen molar-refractivity contribution >= 4 is 5.96 Å². The van der Waals surface area contributed by atoms with E-state index in [4.69, 9.17) is 4.74 Å². The number of rotatable bonds is 7. The zero-order valence-corrected chi connectivity index (χ0v) is 14.6. The smallest absolute Gasteiger partial charge is 0.390 e. The molecule has 0 bridgehead atoms. The molecule has 1 aromatic carbocycles. The number of ether oxygens (including phenoxy) is 1. The van der Waals surface area contributed by atoms with Crippen LogP contribution in [0.5, 0.6) is 5.75 Å². The molecular weight excluding hydrogens is 319 g/mol. The van der Waals surface area contributed by atoms with Crippen LogP contribution in [0, 0.1) is 6.92 Å². The van der Waals surface area contributed by atoms with Gasteiger partial charge in [0.2, 0.25) is 0 Å². The van der Waals surface area contributed by atoms with Crippen LogP contribution in [0.4, 0.5) is 13.2 Å². The molecule has 0 fully saturated rings. The van der Waals surface area contributed by atoms with Crippen molar-refractivity contribution in [2.24, 2.45) is 4.99 Å². The van der Waals surface area contributed by atoms with Crippen molar-refractivity contribution < 1.29 is 17.9 Å². The Morgan fingerprint density at radius 1 is 1.25 bits per heavy atom. The minimum atomic E-state index is -4.18. The van der Waals surface area contributed by atoms with Gasteiger partial charge in [-0.2, -0.15) is 13.2 Å². The molecule has 0 atom stereocenters. The predicted octanol–water partition coefficient (Wildman–Crippen LogP) is 3.79. The number of halogens is 3. The molecule has 0 aliphatic rings. The lowest BCUT2D eigenvalue weighted by Crippen LogP contribution is -2.38. The normalized spacial score (nSPS) is 12.4. The summed E-state index contributed by atoms with van der Waals surface area (Å²) in [5.74, 6) is 1.11. The van der Waals surface area contributed by atoms with Crippen LogP contribution in [0.15, 0.2) is 23.2 Å². The van der Waals surface area contributed by atoms with Crippen molar-refractivity contribution in [3.05, 3.63) is 29.3 Å². The van der Waals surface area contributed by atoms with Gasteiger partial charge in [-0.25, -0.2) is 4.99 Å². The number of alkyl halides is 3. The maximum atomic E-state index is 12.2. The van der Waals surface area contributed by atoms with Crippen LogP contribution in [0.2, 0.25) is 0 Å². The van der Waals surface area contributed by atoms with Crippen LogP contribution in [0.1, 0.15) is 38.3 Å². The zero-order chi connectivity index (χ0) is 18.2. The molecule has 0 saturated carbocycles. The molecule has 0 aliphatic heterocycles. The lowest BCUT2D eigenvalue weighted by molar-refractivity contribution is -0.132. The Hall–Kier alpha value is -1.92. The van der Waals surface area contributed by atoms with Gasteiger partial charge in [0.25, 0.3) is 0 Å². The van der Waals surface area contributed by atoms with Crippen molar-refractivity contribution in [3.63, 3.8) is 0 Å². The fourth-order valence-electron chi connectivity index (χ4n) is 1.98. The highest BCUT2D eigenvalue weighted by atomic mass is 19.4. The maximum Gasteiger partial charge on any atom is 0.390 e. The minimum absolute atomic E-state index is 0.0349. The molecule has 0 unspecified atom stereocenters. The minimum Gasteiger partial charge on any atom is -0.491 e. The molecule has 24 heavy (non-hydrogen) atoms. The van der Waals surface area contributed by atoms with Crippen molar-refractivity contribution in [2.45, 2.75) is 52.9 Å². The number of nitrogens with zero attached hydrogens (tertiary/aromatic N) is 1.